The number of aryl methyl sites for hydroxylation is 3. The lowest BCUT2D eigenvalue weighted by atomic mass is 10.00. The van der Waals surface area contributed by atoms with Gasteiger partial charge in [-0.05, 0) is 73.2 Å². The van der Waals surface area contributed by atoms with Crippen LogP contribution in [0.25, 0.3) is 11.1 Å². The summed E-state index contributed by atoms with van der Waals surface area (Å²) in [5.41, 5.74) is 5.36. The smallest absolute Gasteiger partial charge is 0.449 e. The van der Waals surface area contributed by atoms with Crippen molar-refractivity contribution in [2.24, 2.45) is 0 Å². The Labute approximate surface area is 232 Å². The largest absolute Gasteiger partial charge is 0.455 e. The molecule has 0 N–H and O–H groups in total. The first-order valence-electron chi connectivity index (χ1n) is 12.7. The number of rotatable bonds is 9. The van der Waals surface area contributed by atoms with Gasteiger partial charge < -0.3 is 4.42 Å². The minimum absolute atomic E-state index is 0.0618. The van der Waals surface area contributed by atoms with Gasteiger partial charge in [-0.1, -0.05) is 66.2 Å². The molecule has 0 aliphatic heterocycles. The predicted molar refractivity (Wildman–Crippen MR) is 147 cm³/mol. The Morgan fingerprint density at radius 2 is 1.48 bits per heavy atom. The monoisotopic (exact) mass is 569 g/mol. The second-order valence-electron chi connectivity index (χ2n) is 10.0. The van der Waals surface area contributed by atoms with E-state index < -0.39 is 22.0 Å². The first-order chi connectivity index (χ1) is 18.7. The molecule has 0 fully saturated rings. The van der Waals surface area contributed by atoms with Crippen LogP contribution in [0.1, 0.15) is 46.3 Å². The van der Waals surface area contributed by atoms with Gasteiger partial charge in [-0.3, -0.25) is 4.79 Å². The van der Waals surface area contributed by atoms with Gasteiger partial charge in [0.25, 0.3) is 0 Å². The summed E-state index contributed by atoms with van der Waals surface area (Å²) in [6.07, 6.45) is -4.34. The van der Waals surface area contributed by atoms with Gasteiger partial charge >= 0.3 is 6.18 Å². The van der Waals surface area contributed by atoms with Crippen molar-refractivity contribution in [1.82, 2.24) is 4.31 Å². The maximum atomic E-state index is 13.9. The number of carbonyl (C=O) groups excluding carboxylic acids is 1. The molecule has 0 spiro atoms. The lowest BCUT2D eigenvalue weighted by Crippen LogP contribution is -2.31. The maximum absolute atomic E-state index is 13.9. The molecule has 210 valence electrons. The number of hydrogen-bond donors (Lipinski definition) is 0. The number of alkyl halides is 3. The third-order valence-corrected chi connectivity index (χ3v) is 8.60. The number of Topliss-reactive ketones (excluding diaryl/α,β-unsaturated/α-hetero) is 1. The molecule has 0 aliphatic rings. The summed E-state index contributed by atoms with van der Waals surface area (Å²) in [6, 6.07) is 20.4. The molecule has 1 heterocycles. The van der Waals surface area contributed by atoms with Crippen molar-refractivity contribution >= 4 is 15.8 Å². The second kappa shape index (κ2) is 11.4. The normalized spacial score (nSPS) is 12.2. The summed E-state index contributed by atoms with van der Waals surface area (Å²) >= 11 is 0. The molecule has 3 aromatic carbocycles. The molecule has 0 bridgehead atoms. The quantitative estimate of drug-likeness (QED) is 0.211. The van der Waals surface area contributed by atoms with Gasteiger partial charge in [0.1, 0.15) is 11.5 Å². The van der Waals surface area contributed by atoms with Gasteiger partial charge in [-0.25, -0.2) is 8.42 Å². The fraction of sp³-hybridized carbons (Fsp3) is 0.258. The van der Waals surface area contributed by atoms with E-state index in [2.05, 4.69) is 0 Å². The van der Waals surface area contributed by atoms with Crippen LogP contribution in [0.3, 0.4) is 0 Å². The van der Waals surface area contributed by atoms with Crippen LogP contribution in [-0.2, 0) is 40.5 Å². The van der Waals surface area contributed by atoms with Crippen LogP contribution in [0.2, 0.25) is 0 Å². The summed E-state index contributed by atoms with van der Waals surface area (Å²) in [6.45, 7) is 6.35. The van der Waals surface area contributed by atoms with Crippen LogP contribution < -0.4 is 0 Å². The highest BCUT2D eigenvalue weighted by atomic mass is 32.2. The Morgan fingerprint density at radius 3 is 2.05 bits per heavy atom. The molecule has 4 aromatic rings. The highest BCUT2D eigenvalue weighted by molar-refractivity contribution is 7.89. The number of furan rings is 1. The first-order valence-corrected chi connectivity index (χ1v) is 14.1. The van der Waals surface area contributed by atoms with Gasteiger partial charge in [0.2, 0.25) is 15.8 Å². The van der Waals surface area contributed by atoms with Crippen molar-refractivity contribution in [3.05, 3.63) is 112 Å². The molecule has 0 saturated carbocycles. The molecule has 5 nitrogen and oxygen atoms in total. The van der Waals surface area contributed by atoms with E-state index in [0.717, 1.165) is 38.7 Å². The molecule has 4 rings (SSSR count). The van der Waals surface area contributed by atoms with E-state index in [0.29, 0.717) is 23.1 Å². The summed E-state index contributed by atoms with van der Waals surface area (Å²) < 4.78 is 73.5. The summed E-state index contributed by atoms with van der Waals surface area (Å²) in [5.74, 6) is -1.23. The van der Waals surface area contributed by atoms with Crippen molar-refractivity contribution in [1.29, 1.82) is 0 Å². The van der Waals surface area contributed by atoms with Crippen molar-refractivity contribution in [3.8, 4) is 11.1 Å². The Hall–Kier alpha value is -3.69. The molecule has 0 saturated heterocycles. The zero-order valence-electron chi connectivity index (χ0n) is 22.7. The number of halogens is 3. The van der Waals surface area contributed by atoms with E-state index in [1.807, 2.05) is 43.3 Å². The van der Waals surface area contributed by atoms with Crippen LogP contribution in [-0.4, -0.2) is 18.5 Å². The highest BCUT2D eigenvalue weighted by Gasteiger charge is 2.36. The third kappa shape index (κ3) is 6.71. The summed E-state index contributed by atoms with van der Waals surface area (Å²) in [5, 5.41) is 0. The molecule has 0 atom stereocenters. The Kier molecular flexibility index (Phi) is 8.37. The van der Waals surface area contributed by atoms with Crippen molar-refractivity contribution in [2.45, 2.75) is 58.3 Å². The molecular formula is C31H30F3NO4S. The molecule has 0 aliphatic carbocycles. The lowest BCUT2D eigenvalue weighted by Gasteiger charge is -2.24. The fourth-order valence-corrected chi connectivity index (χ4v) is 6.68. The average molecular weight is 570 g/mol. The number of nitrogens with zero attached hydrogens (tertiary/aromatic N) is 1. The minimum Gasteiger partial charge on any atom is -0.455 e. The molecule has 0 radical (unpaired) electrons. The van der Waals surface area contributed by atoms with E-state index in [-0.39, 0.29) is 29.5 Å². The Morgan fingerprint density at radius 1 is 0.825 bits per heavy atom. The molecule has 1 aromatic heterocycles. The summed E-state index contributed by atoms with van der Waals surface area (Å²) in [4.78, 5) is 11.6. The predicted octanol–water partition coefficient (Wildman–Crippen LogP) is 7.41. The van der Waals surface area contributed by atoms with E-state index in [9.17, 15) is 26.4 Å². The SMILES string of the molecule is CC(=O)Cc1cccc(-c2ccc(CN(Cc3ccc(C(F)(F)F)o3)S(=O)(=O)c3c(C)cc(C)cc3C)cc2)c1. The van der Waals surface area contributed by atoms with Gasteiger partial charge in [0, 0.05) is 13.0 Å². The van der Waals surface area contributed by atoms with Gasteiger partial charge in [0.05, 0.1) is 11.4 Å². The van der Waals surface area contributed by atoms with E-state index in [1.165, 1.54) is 6.92 Å². The van der Waals surface area contributed by atoms with Crippen molar-refractivity contribution in [3.63, 3.8) is 0 Å². The van der Waals surface area contributed by atoms with Crippen LogP contribution in [0.15, 0.2) is 82.1 Å². The highest BCUT2D eigenvalue weighted by Crippen LogP contribution is 2.33. The number of carbonyl (C=O) groups is 1. The number of hydrogen-bond acceptors (Lipinski definition) is 4. The van der Waals surface area contributed by atoms with Crippen LogP contribution >= 0.6 is 0 Å². The van der Waals surface area contributed by atoms with Crippen LogP contribution in [0.5, 0.6) is 0 Å². The Bertz CT molecular complexity index is 1610. The number of ketones is 1. The second-order valence-corrected chi connectivity index (χ2v) is 11.9. The van der Waals surface area contributed by atoms with Crippen molar-refractivity contribution < 1.29 is 30.8 Å². The molecule has 9 heteroatoms. The summed E-state index contributed by atoms with van der Waals surface area (Å²) in [7, 11) is -4.12. The fourth-order valence-electron chi connectivity index (χ4n) is 4.87. The number of benzene rings is 3. The first kappa shape index (κ1) is 29.3. The zero-order valence-corrected chi connectivity index (χ0v) is 23.5. The topological polar surface area (TPSA) is 67.6 Å². The molecular weight excluding hydrogens is 539 g/mol. The van der Waals surface area contributed by atoms with Crippen LogP contribution in [0.4, 0.5) is 13.2 Å². The third-order valence-electron chi connectivity index (χ3n) is 6.50. The van der Waals surface area contributed by atoms with Crippen molar-refractivity contribution in [2.75, 3.05) is 0 Å². The lowest BCUT2D eigenvalue weighted by molar-refractivity contribution is -0.153. The molecule has 40 heavy (non-hydrogen) atoms. The van der Waals surface area contributed by atoms with Gasteiger partial charge in [-0.15, -0.1) is 0 Å². The van der Waals surface area contributed by atoms with E-state index >= 15 is 0 Å². The van der Waals surface area contributed by atoms with Gasteiger partial charge in [0.15, 0.2) is 0 Å². The Balaban J connectivity index is 1.68. The zero-order chi connectivity index (χ0) is 29.2. The van der Waals surface area contributed by atoms with Crippen LogP contribution in [0, 0.1) is 20.8 Å². The van der Waals surface area contributed by atoms with E-state index in [1.54, 1.807) is 38.1 Å². The maximum Gasteiger partial charge on any atom is 0.449 e. The number of sulfonamides is 1. The average Bonchev–Trinajstić information content (AvgIpc) is 3.32. The standard InChI is InChI=1S/C31H30F3NO4S/c1-20-14-21(2)30(22(3)15-20)40(37,38)35(19-28-12-13-29(39-28)31(32,33)34)18-24-8-10-26(11-9-24)27-7-5-6-25(17-27)16-23(4)36/h5-15,17H,16,18-19H2,1-4H3. The molecule has 0 amide bonds. The molecule has 0 unspecified atom stereocenters. The van der Waals surface area contributed by atoms with Gasteiger partial charge in [-0.2, -0.15) is 17.5 Å². The van der Waals surface area contributed by atoms with E-state index in [4.69, 9.17) is 4.42 Å². The minimum atomic E-state index is -4.68.